The van der Waals surface area contributed by atoms with Crippen LogP contribution < -0.4 is 0 Å². The molecule has 0 bridgehead atoms. The van der Waals surface area contributed by atoms with Crippen molar-refractivity contribution in [2.75, 3.05) is 19.6 Å². The first-order valence-electron chi connectivity index (χ1n) is 8.58. The molecule has 1 aromatic heterocycles. The second-order valence-electron chi connectivity index (χ2n) is 5.97. The summed E-state index contributed by atoms with van der Waals surface area (Å²) in [5, 5.41) is 11.1. The van der Waals surface area contributed by atoms with Crippen LogP contribution in [0.4, 0.5) is 0 Å². The molecule has 0 radical (unpaired) electrons. The second-order valence-corrected chi connectivity index (χ2v) is 5.97. The number of amides is 2. The number of carbonyl (C=O) groups is 2. The highest BCUT2D eigenvalue weighted by Crippen LogP contribution is 2.23. The molecule has 2 heterocycles. The number of nitrogens with zero attached hydrogens (tertiary/aromatic N) is 6. The fourth-order valence-corrected chi connectivity index (χ4v) is 3.24. The van der Waals surface area contributed by atoms with Crippen molar-refractivity contribution in [2.45, 2.75) is 32.7 Å². The summed E-state index contributed by atoms with van der Waals surface area (Å²) < 4.78 is 1.50. The van der Waals surface area contributed by atoms with Crippen LogP contribution in [0.2, 0.25) is 0 Å². The number of benzene rings is 1. The van der Waals surface area contributed by atoms with E-state index in [0.29, 0.717) is 37.3 Å². The van der Waals surface area contributed by atoms with Crippen molar-refractivity contribution < 1.29 is 9.59 Å². The third-order valence-electron chi connectivity index (χ3n) is 4.58. The number of hydrogen-bond donors (Lipinski definition) is 0. The van der Waals surface area contributed by atoms with Crippen molar-refractivity contribution in [3.63, 3.8) is 0 Å². The van der Waals surface area contributed by atoms with E-state index >= 15 is 0 Å². The van der Waals surface area contributed by atoms with E-state index in [9.17, 15) is 9.59 Å². The van der Waals surface area contributed by atoms with E-state index in [2.05, 4.69) is 15.5 Å². The highest BCUT2D eigenvalue weighted by molar-refractivity contribution is 5.98. The van der Waals surface area contributed by atoms with Crippen molar-refractivity contribution in [2.24, 2.45) is 0 Å². The van der Waals surface area contributed by atoms with E-state index in [1.165, 1.54) is 11.0 Å². The Morgan fingerprint density at radius 1 is 1.28 bits per heavy atom. The quantitative estimate of drug-likeness (QED) is 0.813. The Balaban J connectivity index is 1.82. The molecule has 1 aliphatic heterocycles. The lowest BCUT2D eigenvalue weighted by molar-refractivity contribution is -0.134. The fraction of sp³-hybridized carbons (Fsp3) is 0.471. The van der Waals surface area contributed by atoms with E-state index in [1.807, 2.05) is 19.9 Å². The molecule has 0 N–H and O–H groups in total. The Hall–Kier alpha value is -2.77. The molecule has 2 aromatic rings. The predicted molar refractivity (Wildman–Crippen MR) is 91.1 cm³/mol. The molecule has 8 heteroatoms. The summed E-state index contributed by atoms with van der Waals surface area (Å²) >= 11 is 0. The Morgan fingerprint density at radius 3 is 2.76 bits per heavy atom. The van der Waals surface area contributed by atoms with Crippen LogP contribution in [0.15, 0.2) is 30.6 Å². The molecule has 132 valence electrons. The first-order chi connectivity index (χ1) is 12.2. The number of likely N-dealkylation sites (tertiary alicyclic amines) is 1. The molecular weight excluding hydrogens is 320 g/mol. The van der Waals surface area contributed by atoms with Gasteiger partial charge in [0.1, 0.15) is 12.4 Å². The summed E-state index contributed by atoms with van der Waals surface area (Å²) in [6.07, 6.45) is 3.04. The SMILES string of the molecule is CCN(CC)C(=O)[C@@H]1CCCN1C(=O)c1cccc(-n2cnnn2)c1. The molecule has 2 amide bonds. The highest BCUT2D eigenvalue weighted by Gasteiger charge is 2.36. The molecule has 1 aliphatic rings. The van der Waals surface area contributed by atoms with Gasteiger partial charge in [0.25, 0.3) is 5.91 Å². The van der Waals surface area contributed by atoms with Gasteiger partial charge in [-0.25, -0.2) is 4.68 Å². The van der Waals surface area contributed by atoms with Crippen LogP contribution in [0.25, 0.3) is 5.69 Å². The Labute approximate surface area is 146 Å². The Kier molecular flexibility index (Phi) is 5.06. The molecule has 1 aromatic carbocycles. The van der Waals surface area contributed by atoms with Crippen molar-refractivity contribution >= 4 is 11.8 Å². The van der Waals surface area contributed by atoms with Crippen LogP contribution in [0.5, 0.6) is 0 Å². The topological polar surface area (TPSA) is 84.2 Å². The first-order valence-corrected chi connectivity index (χ1v) is 8.58. The summed E-state index contributed by atoms with van der Waals surface area (Å²) in [5.74, 6) is -0.0922. The first kappa shape index (κ1) is 17.1. The van der Waals surface area contributed by atoms with Gasteiger partial charge in [-0.15, -0.1) is 5.10 Å². The molecule has 0 spiro atoms. The van der Waals surface area contributed by atoms with Crippen LogP contribution in [0.3, 0.4) is 0 Å². The summed E-state index contributed by atoms with van der Waals surface area (Å²) in [7, 11) is 0. The smallest absolute Gasteiger partial charge is 0.254 e. The van der Waals surface area contributed by atoms with E-state index in [-0.39, 0.29) is 17.9 Å². The standard InChI is InChI=1S/C17H22N6O2/c1-3-21(4-2)17(25)15-9-6-10-22(15)16(24)13-7-5-8-14(11-13)23-12-18-19-20-23/h5,7-8,11-12,15H,3-4,6,9-10H2,1-2H3/t15-/m0/s1. The van der Waals surface area contributed by atoms with Gasteiger partial charge in [-0.3, -0.25) is 9.59 Å². The van der Waals surface area contributed by atoms with Crippen molar-refractivity contribution in [1.82, 2.24) is 30.0 Å². The normalized spacial score (nSPS) is 16.9. The van der Waals surface area contributed by atoms with Crippen LogP contribution in [-0.4, -0.2) is 67.5 Å². The maximum atomic E-state index is 13.0. The molecule has 25 heavy (non-hydrogen) atoms. The minimum absolute atomic E-state index is 0.0347. The van der Waals surface area contributed by atoms with Crippen LogP contribution in [0, 0.1) is 0 Å². The van der Waals surface area contributed by atoms with Crippen LogP contribution in [0.1, 0.15) is 37.0 Å². The number of tetrazole rings is 1. The maximum absolute atomic E-state index is 13.0. The summed E-state index contributed by atoms with van der Waals surface area (Å²) in [4.78, 5) is 29.2. The zero-order valence-corrected chi connectivity index (χ0v) is 14.5. The van der Waals surface area contributed by atoms with Gasteiger partial charge in [0, 0.05) is 25.2 Å². The molecule has 1 atom stereocenters. The highest BCUT2D eigenvalue weighted by atomic mass is 16.2. The van der Waals surface area contributed by atoms with Crippen LogP contribution in [-0.2, 0) is 4.79 Å². The molecule has 0 aliphatic carbocycles. The minimum atomic E-state index is -0.371. The average Bonchev–Trinajstić information content (AvgIpc) is 3.34. The van der Waals surface area contributed by atoms with E-state index in [1.54, 1.807) is 28.0 Å². The van der Waals surface area contributed by atoms with Gasteiger partial charge in [-0.2, -0.15) is 0 Å². The van der Waals surface area contributed by atoms with Gasteiger partial charge in [-0.05, 0) is 55.3 Å². The van der Waals surface area contributed by atoms with Gasteiger partial charge >= 0.3 is 0 Å². The third kappa shape index (κ3) is 3.38. The van der Waals surface area contributed by atoms with E-state index in [0.717, 1.165) is 6.42 Å². The predicted octanol–water partition coefficient (Wildman–Crippen LogP) is 1.14. The Morgan fingerprint density at radius 2 is 2.08 bits per heavy atom. The van der Waals surface area contributed by atoms with Gasteiger partial charge in [0.05, 0.1) is 5.69 Å². The molecule has 1 fully saturated rings. The number of aromatic nitrogens is 4. The Bertz CT molecular complexity index is 741. The van der Waals surface area contributed by atoms with E-state index in [4.69, 9.17) is 0 Å². The van der Waals surface area contributed by atoms with Crippen LogP contribution >= 0.6 is 0 Å². The summed E-state index contributed by atoms with van der Waals surface area (Å²) in [6.45, 7) is 5.83. The van der Waals surface area contributed by atoms with Crippen molar-refractivity contribution in [3.8, 4) is 5.69 Å². The lowest BCUT2D eigenvalue weighted by atomic mass is 10.1. The number of carbonyl (C=O) groups excluding carboxylic acids is 2. The monoisotopic (exact) mass is 342 g/mol. The molecule has 1 saturated heterocycles. The molecule has 8 nitrogen and oxygen atoms in total. The maximum Gasteiger partial charge on any atom is 0.254 e. The van der Waals surface area contributed by atoms with Crippen molar-refractivity contribution in [1.29, 1.82) is 0 Å². The summed E-state index contributed by atoms with van der Waals surface area (Å²) in [5.41, 5.74) is 1.24. The fourth-order valence-electron chi connectivity index (χ4n) is 3.24. The number of likely N-dealkylation sites (N-methyl/N-ethyl adjacent to an activating group) is 1. The number of rotatable bonds is 5. The molecule has 0 unspecified atom stereocenters. The number of hydrogen-bond acceptors (Lipinski definition) is 5. The lowest BCUT2D eigenvalue weighted by Gasteiger charge is -2.29. The summed E-state index contributed by atoms with van der Waals surface area (Å²) in [6, 6.07) is 6.75. The second kappa shape index (κ2) is 7.42. The zero-order valence-electron chi connectivity index (χ0n) is 14.5. The molecule has 0 saturated carbocycles. The van der Waals surface area contributed by atoms with E-state index < -0.39 is 0 Å². The van der Waals surface area contributed by atoms with Crippen molar-refractivity contribution in [3.05, 3.63) is 36.2 Å². The van der Waals surface area contributed by atoms with Gasteiger partial charge < -0.3 is 9.80 Å². The minimum Gasteiger partial charge on any atom is -0.341 e. The van der Waals surface area contributed by atoms with Gasteiger partial charge in [0.2, 0.25) is 5.91 Å². The molecular formula is C17H22N6O2. The zero-order chi connectivity index (χ0) is 17.8. The average molecular weight is 342 g/mol. The third-order valence-corrected chi connectivity index (χ3v) is 4.58. The largest absolute Gasteiger partial charge is 0.341 e. The molecule has 3 rings (SSSR count). The van der Waals surface area contributed by atoms with Gasteiger partial charge in [-0.1, -0.05) is 6.07 Å². The van der Waals surface area contributed by atoms with Gasteiger partial charge in [0.15, 0.2) is 0 Å². The lowest BCUT2D eigenvalue weighted by Crippen LogP contribution is -2.47.